The van der Waals surface area contributed by atoms with E-state index in [0.717, 1.165) is 0 Å². The lowest BCUT2D eigenvalue weighted by molar-refractivity contribution is 0.199. The Bertz CT molecular complexity index is 237. The van der Waals surface area contributed by atoms with E-state index in [-0.39, 0.29) is 0 Å². The molecule has 0 bridgehead atoms. The molecule has 0 aliphatic carbocycles. The van der Waals surface area contributed by atoms with Gasteiger partial charge in [0.2, 0.25) is 0 Å². The first-order valence-corrected chi connectivity index (χ1v) is 3.75. The molecular formula is C8H11BO3. The van der Waals surface area contributed by atoms with Crippen molar-refractivity contribution in [2.24, 2.45) is 0 Å². The van der Waals surface area contributed by atoms with Gasteiger partial charge in [0, 0.05) is 0 Å². The summed E-state index contributed by atoms with van der Waals surface area (Å²) in [5.41, 5.74) is 1.08. The van der Waals surface area contributed by atoms with Crippen LogP contribution < -0.4 is 5.46 Å². The van der Waals surface area contributed by atoms with Crippen LogP contribution >= 0.6 is 0 Å². The molecule has 4 heteroatoms. The van der Waals surface area contributed by atoms with Crippen molar-refractivity contribution in [3.05, 3.63) is 29.8 Å². The van der Waals surface area contributed by atoms with Crippen molar-refractivity contribution in [2.75, 3.05) is 0 Å². The molecule has 1 aromatic carbocycles. The van der Waals surface area contributed by atoms with Gasteiger partial charge in [-0.3, -0.25) is 0 Å². The summed E-state index contributed by atoms with van der Waals surface area (Å²) < 4.78 is 0. The lowest BCUT2D eigenvalue weighted by Gasteiger charge is -2.06. The molecule has 1 atom stereocenters. The molecule has 0 aliphatic rings. The topological polar surface area (TPSA) is 60.7 Å². The van der Waals surface area contributed by atoms with Gasteiger partial charge in [0.15, 0.2) is 0 Å². The predicted octanol–water partition coefficient (Wildman–Crippen LogP) is -0.580. The Morgan fingerprint density at radius 2 is 2.00 bits per heavy atom. The highest BCUT2D eigenvalue weighted by Crippen LogP contribution is 2.08. The highest BCUT2D eigenvalue weighted by Gasteiger charge is 2.11. The van der Waals surface area contributed by atoms with Gasteiger partial charge in [0.1, 0.15) is 0 Å². The van der Waals surface area contributed by atoms with E-state index < -0.39 is 13.2 Å². The van der Waals surface area contributed by atoms with Crippen molar-refractivity contribution in [1.29, 1.82) is 0 Å². The van der Waals surface area contributed by atoms with Gasteiger partial charge in [0.05, 0.1) is 6.10 Å². The normalized spacial score (nSPS) is 12.7. The van der Waals surface area contributed by atoms with Crippen molar-refractivity contribution >= 4 is 12.6 Å². The van der Waals surface area contributed by atoms with Crippen LogP contribution in [-0.4, -0.2) is 22.3 Å². The van der Waals surface area contributed by atoms with E-state index in [1.54, 1.807) is 31.2 Å². The van der Waals surface area contributed by atoms with Crippen molar-refractivity contribution in [2.45, 2.75) is 13.0 Å². The number of benzene rings is 1. The molecule has 0 spiro atoms. The van der Waals surface area contributed by atoms with Gasteiger partial charge in [-0.15, -0.1) is 0 Å². The average Bonchev–Trinajstić information content (AvgIpc) is 2.04. The Balaban J connectivity index is 2.96. The molecule has 0 radical (unpaired) electrons. The smallest absolute Gasteiger partial charge is 0.423 e. The largest absolute Gasteiger partial charge is 0.488 e. The zero-order valence-corrected chi connectivity index (χ0v) is 6.81. The summed E-state index contributed by atoms with van der Waals surface area (Å²) in [5, 5.41) is 26.8. The summed E-state index contributed by atoms with van der Waals surface area (Å²) in [6.45, 7) is 1.63. The Labute approximate surface area is 71.4 Å². The van der Waals surface area contributed by atoms with Gasteiger partial charge in [0.25, 0.3) is 0 Å². The Morgan fingerprint density at radius 1 is 1.33 bits per heavy atom. The van der Waals surface area contributed by atoms with E-state index in [4.69, 9.17) is 15.2 Å². The third kappa shape index (κ3) is 2.07. The second-order valence-corrected chi connectivity index (χ2v) is 2.72. The molecule has 0 heterocycles. The molecule has 3 nitrogen and oxygen atoms in total. The molecule has 1 rings (SSSR count). The van der Waals surface area contributed by atoms with Crippen LogP contribution in [0.3, 0.4) is 0 Å². The van der Waals surface area contributed by atoms with Gasteiger partial charge >= 0.3 is 7.12 Å². The molecule has 0 aliphatic heterocycles. The first-order chi connectivity index (χ1) is 5.61. The number of hydrogen-bond donors (Lipinski definition) is 3. The Hall–Kier alpha value is -0.835. The van der Waals surface area contributed by atoms with Crippen molar-refractivity contribution in [3.63, 3.8) is 0 Å². The maximum Gasteiger partial charge on any atom is 0.488 e. The molecule has 0 fully saturated rings. The minimum absolute atomic E-state index is 0.397. The van der Waals surface area contributed by atoms with Gasteiger partial charge in [-0.1, -0.05) is 24.3 Å². The standard InChI is InChI=1S/C8H11BO3/c1-6(10)7-3-2-4-8(5-7)9(11)12/h2-6,10-12H,1H3/t6-/m1/s1. The fourth-order valence-corrected chi connectivity index (χ4v) is 0.979. The molecule has 0 aromatic heterocycles. The molecule has 12 heavy (non-hydrogen) atoms. The average molecular weight is 166 g/mol. The minimum atomic E-state index is -1.47. The van der Waals surface area contributed by atoms with Gasteiger partial charge in [-0.05, 0) is 17.9 Å². The van der Waals surface area contributed by atoms with E-state index in [1.807, 2.05) is 0 Å². The monoisotopic (exact) mass is 166 g/mol. The Morgan fingerprint density at radius 3 is 2.50 bits per heavy atom. The molecule has 0 saturated carbocycles. The van der Waals surface area contributed by atoms with E-state index in [2.05, 4.69) is 0 Å². The van der Waals surface area contributed by atoms with Crippen LogP contribution in [0, 0.1) is 0 Å². The first kappa shape index (κ1) is 9.25. The molecular weight excluding hydrogens is 155 g/mol. The van der Waals surface area contributed by atoms with Crippen LogP contribution in [0.15, 0.2) is 24.3 Å². The molecule has 3 N–H and O–H groups in total. The highest BCUT2D eigenvalue weighted by molar-refractivity contribution is 6.58. The molecule has 0 unspecified atom stereocenters. The van der Waals surface area contributed by atoms with Gasteiger partial charge in [-0.25, -0.2) is 0 Å². The summed E-state index contributed by atoms with van der Waals surface area (Å²) in [6.07, 6.45) is -0.580. The fraction of sp³-hybridized carbons (Fsp3) is 0.250. The first-order valence-electron chi connectivity index (χ1n) is 3.75. The summed E-state index contributed by atoms with van der Waals surface area (Å²) in [5.74, 6) is 0. The maximum absolute atomic E-state index is 9.17. The van der Waals surface area contributed by atoms with E-state index in [0.29, 0.717) is 11.0 Å². The number of aliphatic hydroxyl groups excluding tert-OH is 1. The van der Waals surface area contributed by atoms with Gasteiger partial charge < -0.3 is 15.2 Å². The molecule has 64 valence electrons. The SMILES string of the molecule is C[C@@H](O)c1cccc(B(O)O)c1. The quantitative estimate of drug-likeness (QED) is 0.515. The predicted molar refractivity (Wildman–Crippen MR) is 46.9 cm³/mol. The molecule has 0 saturated heterocycles. The van der Waals surface area contributed by atoms with E-state index in [9.17, 15) is 0 Å². The number of hydrogen-bond acceptors (Lipinski definition) is 3. The van der Waals surface area contributed by atoms with Crippen molar-refractivity contribution in [1.82, 2.24) is 0 Å². The van der Waals surface area contributed by atoms with E-state index >= 15 is 0 Å². The second kappa shape index (κ2) is 3.71. The van der Waals surface area contributed by atoms with Crippen molar-refractivity contribution in [3.8, 4) is 0 Å². The summed E-state index contributed by atoms with van der Waals surface area (Å²) in [4.78, 5) is 0. The maximum atomic E-state index is 9.17. The molecule has 1 aromatic rings. The third-order valence-electron chi connectivity index (χ3n) is 1.69. The van der Waals surface area contributed by atoms with Crippen LogP contribution in [0.1, 0.15) is 18.6 Å². The summed E-state index contributed by atoms with van der Waals surface area (Å²) >= 11 is 0. The second-order valence-electron chi connectivity index (χ2n) is 2.72. The zero-order chi connectivity index (χ0) is 9.14. The van der Waals surface area contributed by atoms with Crippen LogP contribution in [-0.2, 0) is 0 Å². The molecule has 0 amide bonds. The lowest BCUT2D eigenvalue weighted by Crippen LogP contribution is -2.29. The van der Waals surface area contributed by atoms with Crippen molar-refractivity contribution < 1.29 is 15.2 Å². The highest BCUT2D eigenvalue weighted by atomic mass is 16.4. The summed E-state index contributed by atoms with van der Waals surface area (Å²) in [6, 6.07) is 6.57. The van der Waals surface area contributed by atoms with Gasteiger partial charge in [-0.2, -0.15) is 0 Å². The number of rotatable bonds is 2. The third-order valence-corrected chi connectivity index (χ3v) is 1.69. The van der Waals surface area contributed by atoms with Crippen LogP contribution in [0.4, 0.5) is 0 Å². The van der Waals surface area contributed by atoms with E-state index in [1.165, 1.54) is 0 Å². The summed E-state index contributed by atoms with van der Waals surface area (Å²) in [7, 11) is -1.47. The number of aliphatic hydroxyl groups is 1. The Kier molecular flexibility index (Phi) is 2.86. The zero-order valence-electron chi connectivity index (χ0n) is 6.81. The van der Waals surface area contributed by atoms with Crippen LogP contribution in [0.25, 0.3) is 0 Å². The minimum Gasteiger partial charge on any atom is -0.423 e. The van der Waals surface area contributed by atoms with Crippen LogP contribution in [0.2, 0.25) is 0 Å². The lowest BCUT2D eigenvalue weighted by atomic mass is 9.79. The fourth-order valence-electron chi connectivity index (χ4n) is 0.979. The van der Waals surface area contributed by atoms with Crippen LogP contribution in [0.5, 0.6) is 0 Å².